The predicted octanol–water partition coefficient (Wildman–Crippen LogP) is 1.74. The lowest BCUT2D eigenvalue weighted by Crippen LogP contribution is -2.25. The third-order valence-corrected chi connectivity index (χ3v) is 4.23. The van der Waals surface area contributed by atoms with Gasteiger partial charge >= 0.3 is 0 Å². The lowest BCUT2D eigenvalue weighted by Gasteiger charge is -2.25. The number of hydrogen-bond acceptors (Lipinski definition) is 6. The van der Waals surface area contributed by atoms with E-state index in [1.54, 1.807) is 19.1 Å². The molecule has 1 atom stereocenters. The zero-order chi connectivity index (χ0) is 15.0. The molecule has 3 rings (SSSR count). The Morgan fingerprint density at radius 3 is 2.71 bits per heavy atom. The van der Waals surface area contributed by atoms with Crippen LogP contribution in [0.3, 0.4) is 0 Å². The summed E-state index contributed by atoms with van der Waals surface area (Å²) in [6, 6.07) is 7.23. The van der Waals surface area contributed by atoms with Crippen LogP contribution in [0, 0.1) is 0 Å². The Hall–Kier alpha value is -1.80. The number of benzene rings is 1. The fraction of sp³-hybridized carbons (Fsp3) is 0.333. The van der Waals surface area contributed by atoms with Gasteiger partial charge in [-0.25, -0.2) is 8.42 Å². The number of aromatic nitrogens is 3. The number of hydrogen-bond donors (Lipinski definition) is 0. The Morgan fingerprint density at radius 1 is 1.33 bits per heavy atom. The first kappa shape index (κ1) is 14.2. The molecule has 112 valence electrons. The molecule has 2 aromatic rings. The minimum absolute atomic E-state index is 0.220. The summed E-state index contributed by atoms with van der Waals surface area (Å²) in [6.07, 6.45) is -0.542. The van der Waals surface area contributed by atoms with Gasteiger partial charge < -0.3 is 9.47 Å². The summed E-state index contributed by atoms with van der Waals surface area (Å²) in [4.78, 5) is 0. The number of fused-ring (bicyclic) bond motifs is 1. The van der Waals surface area contributed by atoms with E-state index in [1.807, 2.05) is 12.1 Å². The van der Waals surface area contributed by atoms with Gasteiger partial charge in [0.15, 0.2) is 23.4 Å². The second kappa shape index (κ2) is 5.19. The SMILES string of the molecule is CCn1c(C2COc3ccccc3O2)nnc1S(=O)(=O)Cl. The Kier molecular flexibility index (Phi) is 3.50. The first-order valence-electron chi connectivity index (χ1n) is 6.27. The molecule has 1 unspecified atom stereocenters. The van der Waals surface area contributed by atoms with Crippen LogP contribution in [0.25, 0.3) is 0 Å². The number of ether oxygens (including phenoxy) is 2. The number of nitrogens with zero attached hydrogens (tertiary/aromatic N) is 3. The molecule has 1 aliphatic rings. The van der Waals surface area contributed by atoms with Gasteiger partial charge in [0.25, 0.3) is 14.2 Å². The molecular formula is C12H12ClN3O4S. The maximum absolute atomic E-state index is 11.5. The lowest BCUT2D eigenvalue weighted by atomic mass is 10.2. The third-order valence-electron chi connectivity index (χ3n) is 3.08. The van der Waals surface area contributed by atoms with Crippen molar-refractivity contribution in [1.82, 2.24) is 14.8 Å². The monoisotopic (exact) mass is 329 g/mol. The van der Waals surface area contributed by atoms with Crippen LogP contribution < -0.4 is 9.47 Å². The van der Waals surface area contributed by atoms with Crippen molar-refractivity contribution in [2.24, 2.45) is 0 Å². The first-order valence-corrected chi connectivity index (χ1v) is 8.58. The van der Waals surface area contributed by atoms with E-state index in [2.05, 4.69) is 10.2 Å². The van der Waals surface area contributed by atoms with Gasteiger partial charge in [-0.05, 0) is 19.1 Å². The van der Waals surface area contributed by atoms with Crippen molar-refractivity contribution in [3.05, 3.63) is 30.1 Å². The maximum Gasteiger partial charge on any atom is 0.296 e. The molecule has 0 saturated carbocycles. The van der Waals surface area contributed by atoms with Crippen molar-refractivity contribution in [2.75, 3.05) is 6.61 Å². The molecule has 9 heteroatoms. The lowest BCUT2D eigenvalue weighted by molar-refractivity contribution is 0.0818. The minimum atomic E-state index is -3.96. The molecule has 0 bridgehead atoms. The third kappa shape index (κ3) is 2.56. The molecule has 2 heterocycles. The second-order valence-electron chi connectivity index (χ2n) is 4.39. The Labute approximate surface area is 125 Å². The quantitative estimate of drug-likeness (QED) is 0.798. The van der Waals surface area contributed by atoms with Gasteiger partial charge in [0.05, 0.1) is 0 Å². The van der Waals surface area contributed by atoms with E-state index in [4.69, 9.17) is 20.2 Å². The van der Waals surface area contributed by atoms with Crippen molar-refractivity contribution in [1.29, 1.82) is 0 Å². The van der Waals surface area contributed by atoms with Gasteiger partial charge in [-0.2, -0.15) is 0 Å². The smallest absolute Gasteiger partial charge is 0.296 e. The highest BCUT2D eigenvalue weighted by Gasteiger charge is 2.30. The van der Waals surface area contributed by atoms with E-state index in [0.717, 1.165) is 0 Å². The molecule has 0 spiro atoms. The molecule has 21 heavy (non-hydrogen) atoms. The Balaban J connectivity index is 1.98. The molecule has 0 radical (unpaired) electrons. The summed E-state index contributed by atoms with van der Waals surface area (Å²) in [7, 11) is 1.39. The van der Waals surface area contributed by atoms with Gasteiger partial charge in [-0.1, -0.05) is 12.1 Å². The highest BCUT2D eigenvalue weighted by Crippen LogP contribution is 2.35. The fourth-order valence-corrected chi connectivity index (χ4v) is 3.13. The topological polar surface area (TPSA) is 83.3 Å². The van der Waals surface area contributed by atoms with E-state index < -0.39 is 15.2 Å². The summed E-state index contributed by atoms with van der Waals surface area (Å²) in [5, 5.41) is 7.25. The predicted molar refractivity (Wildman–Crippen MR) is 74.0 cm³/mol. The Morgan fingerprint density at radius 2 is 2.05 bits per heavy atom. The molecule has 0 N–H and O–H groups in total. The van der Waals surface area contributed by atoms with E-state index in [9.17, 15) is 8.42 Å². The molecule has 1 aromatic heterocycles. The van der Waals surface area contributed by atoms with E-state index in [1.165, 1.54) is 4.57 Å². The molecule has 7 nitrogen and oxygen atoms in total. The van der Waals surface area contributed by atoms with Crippen molar-refractivity contribution in [2.45, 2.75) is 24.7 Å². The van der Waals surface area contributed by atoms with Crippen LogP contribution in [-0.4, -0.2) is 29.8 Å². The van der Waals surface area contributed by atoms with Gasteiger partial charge in [0, 0.05) is 17.2 Å². The van der Waals surface area contributed by atoms with Gasteiger partial charge in [-0.3, -0.25) is 4.57 Å². The van der Waals surface area contributed by atoms with E-state index >= 15 is 0 Å². The number of rotatable bonds is 3. The fourth-order valence-electron chi connectivity index (χ4n) is 2.16. The summed E-state index contributed by atoms with van der Waals surface area (Å²) < 4.78 is 35.8. The van der Waals surface area contributed by atoms with Gasteiger partial charge in [0.1, 0.15) is 6.61 Å². The molecule has 0 amide bonds. The molecule has 0 fully saturated rings. The van der Waals surface area contributed by atoms with Crippen LogP contribution in [0.2, 0.25) is 0 Å². The van der Waals surface area contributed by atoms with Crippen molar-refractivity contribution in [3.63, 3.8) is 0 Å². The van der Waals surface area contributed by atoms with Crippen LogP contribution in [0.1, 0.15) is 18.9 Å². The van der Waals surface area contributed by atoms with Gasteiger partial charge in [0.2, 0.25) is 0 Å². The highest BCUT2D eigenvalue weighted by atomic mass is 35.7. The summed E-state index contributed by atoms with van der Waals surface area (Å²) >= 11 is 0. The first-order chi connectivity index (χ1) is 10.0. The zero-order valence-electron chi connectivity index (χ0n) is 11.1. The average Bonchev–Trinajstić information content (AvgIpc) is 2.90. The highest BCUT2D eigenvalue weighted by molar-refractivity contribution is 8.13. The van der Waals surface area contributed by atoms with Gasteiger partial charge in [-0.15, -0.1) is 10.2 Å². The largest absolute Gasteiger partial charge is 0.485 e. The zero-order valence-corrected chi connectivity index (χ0v) is 12.6. The van der Waals surface area contributed by atoms with E-state index in [0.29, 0.717) is 23.9 Å². The summed E-state index contributed by atoms with van der Waals surface area (Å²) in [5.41, 5.74) is 0. The maximum atomic E-state index is 11.5. The molecular weight excluding hydrogens is 318 g/mol. The van der Waals surface area contributed by atoms with Crippen LogP contribution >= 0.6 is 10.7 Å². The van der Waals surface area contributed by atoms with Crippen LogP contribution in [0.4, 0.5) is 0 Å². The van der Waals surface area contributed by atoms with Crippen LogP contribution in [0.15, 0.2) is 29.4 Å². The van der Waals surface area contributed by atoms with E-state index in [-0.39, 0.29) is 11.8 Å². The minimum Gasteiger partial charge on any atom is -0.485 e. The molecule has 0 saturated heterocycles. The molecule has 0 aliphatic carbocycles. The van der Waals surface area contributed by atoms with Crippen molar-refractivity contribution >= 4 is 19.7 Å². The summed E-state index contributed by atoms with van der Waals surface area (Å²) in [6.45, 7) is 2.35. The number of para-hydroxylation sites is 2. The molecule has 1 aromatic carbocycles. The van der Waals surface area contributed by atoms with Crippen molar-refractivity contribution < 1.29 is 17.9 Å². The Bertz CT molecular complexity index is 775. The second-order valence-corrected chi connectivity index (χ2v) is 6.85. The van der Waals surface area contributed by atoms with Crippen LogP contribution in [0.5, 0.6) is 11.5 Å². The van der Waals surface area contributed by atoms with Crippen LogP contribution in [-0.2, 0) is 15.6 Å². The normalized spacial score (nSPS) is 17.7. The number of halogens is 1. The standard InChI is InChI=1S/C12H12ClN3O4S/c1-2-16-11(14-15-12(16)21(13,17)18)10-7-19-8-5-3-4-6-9(8)20-10/h3-6,10H,2,7H2,1H3. The average molecular weight is 330 g/mol. The summed E-state index contributed by atoms with van der Waals surface area (Å²) in [5.74, 6) is 1.59. The van der Waals surface area contributed by atoms with Crippen molar-refractivity contribution in [3.8, 4) is 11.5 Å². The molecule has 1 aliphatic heterocycles.